The maximum atomic E-state index is 13.2. The van der Waals surface area contributed by atoms with E-state index in [4.69, 9.17) is 12.2 Å². The summed E-state index contributed by atoms with van der Waals surface area (Å²) in [5, 5.41) is 6.65. The summed E-state index contributed by atoms with van der Waals surface area (Å²) in [5.41, 5.74) is 3.70. The Morgan fingerprint density at radius 3 is 2.41 bits per heavy atom. The van der Waals surface area contributed by atoms with Gasteiger partial charge in [0.15, 0.2) is 10.9 Å². The van der Waals surface area contributed by atoms with Crippen molar-refractivity contribution < 1.29 is 9.18 Å². The third-order valence-corrected chi connectivity index (χ3v) is 4.18. The van der Waals surface area contributed by atoms with E-state index in [2.05, 4.69) is 10.6 Å². The second kappa shape index (κ2) is 4.74. The van der Waals surface area contributed by atoms with E-state index in [1.807, 2.05) is 24.3 Å². The van der Waals surface area contributed by atoms with E-state index in [1.54, 1.807) is 12.1 Å². The first kappa shape index (κ1) is 13.2. The van der Waals surface area contributed by atoms with Crippen LogP contribution in [-0.2, 0) is 0 Å². The molecule has 0 fully saturated rings. The predicted octanol–water partition coefficient (Wildman–Crippen LogP) is 2.95. The molecule has 2 aromatic carbocycles. The first-order valence-electron chi connectivity index (χ1n) is 6.86. The van der Waals surface area contributed by atoms with Crippen LogP contribution >= 0.6 is 12.2 Å². The lowest BCUT2D eigenvalue weighted by atomic mass is 9.94. The summed E-state index contributed by atoms with van der Waals surface area (Å²) >= 11 is 5.26. The van der Waals surface area contributed by atoms with Gasteiger partial charge >= 0.3 is 0 Å². The highest BCUT2D eigenvalue weighted by Crippen LogP contribution is 2.39. The molecule has 0 saturated carbocycles. The van der Waals surface area contributed by atoms with Crippen LogP contribution in [0.4, 0.5) is 4.39 Å². The molecule has 0 bridgehead atoms. The Bertz CT molecular complexity index is 842. The number of ketones is 1. The molecule has 22 heavy (non-hydrogen) atoms. The van der Waals surface area contributed by atoms with Gasteiger partial charge < -0.3 is 10.6 Å². The zero-order chi connectivity index (χ0) is 15.3. The van der Waals surface area contributed by atoms with Crippen molar-refractivity contribution in [1.82, 2.24) is 10.6 Å². The molecule has 0 spiro atoms. The minimum absolute atomic E-state index is 0.0255. The zero-order valence-corrected chi connectivity index (χ0v) is 12.2. The number of carbonyl (C=O) groups excluding carboxylic acids is 1. The monoisotopic (exact) mass is 310 g/mol. The molecule has 1 aliphatic heterocycles. The molecule has 1 unspecified atom stereocenters. The maximum absolute atomic E-state index is 13.2. The molecule has 0 aromatic heterocycles. The van der Waals surface area contributed by atoms with Crippen molar-refractivity contribution in [3.05, 3.63) is 76.6 Å². The number of Topliss-reactive ketones (excluding diaryl/α,β-unsaturated/α-hetero) is 1. The average Bonchev–Trinajstić information content (AvgIpc) is 2.81. The van der Waals surface area contributed by atoms with Crippen molar-refractivity contribution in [1.29, 1.82) is 0 Å². The Morgan fingerprint density at radius 2 is 1.68 bits per heavy atom. The average molecular weight is 310 g/mol. The first-order chi connectivity index (χ1) is 10.6. The number of fused-ring (bicyclic) bond motifs is 2. The second-order valence-electron chi connectivity index (χ2n) is 5.25. The summed E-state index contributed by atoms with van der Waals surface area (Å²) < 4.78 is 13.2. The molecule has 0 saturated heterocycles. The van der Waals surface area contributed by atoms with Crippen molar-refractivity contribution in [3.8, 4) is 0 Å². The van der Waals surface area contributed by atoms with E-state index in [1.165, 1.54) is 12.1 Å². The number of hydrogen-bond acceptors (Lipinski definition) is 2. The van der Waals surface area contributed by atoms with Gasteiger partial charge in [-0.2, -0.15) is 0 Å². The Morgan fingerprint density at radius 1 is 1.00 bits per heavy atom. The molecule has 108 valence electrons. The van der Waals surface area contributed by atoms with Crippen molar-refractivity contribution in [3.63, 3.8) is 0 Å². The molecule has 1 aliphatic carbocycles. The van der Waals surface area contributed by atoms with Crippen LogP contribution in [0.2, 0.25) is 0 Å². The Kier molecular flexibility index (Phi) is 2.84. The Labute approximate surface area is 131 Å². The van der Waals surface area contributed by atoms with Gasteiger partial charge in [0.2, 0.25) is 0 Å². The van der Waals surface area contributed by atoms with Gasteiger partial charge in [0, 0.05) is 11.1 Å². The number of thiocarbonyl (C=S) groups is 1. The van der Waals surface area contributed by atoms with E-state index in [0.29, 0.717) is 16.2 Å². The van der Waals surface area contributed by atoms with Crippen molar-refractivity contribution in [2.24, 2.45) is 0 Å². The molecule has 3 nitrogen and oxygen atoms in total. The third kappa shape index (κ3) is 1.86. The minimum atomic E-state index is -0.371. The molecule has 2 aromatic rings. The summed E-state index contributed by atoms with van der Waals surface area (Å²) in [5.74, 6) is -0.335. The summed E-state index contributed by atoms with van der Waals surface area (Å²) in [6.07, 6.45) is 0. The van der Waals surface area contributed by atoms with Crippen LogP contribution in [0.5, 0.6) is 0 Å². The van der Waals surface area contributed by atoms with Gasteiger partial charge in [-0.1, -0.05) is 36.4 Å². The van der Waals surface area contributed by atoms with Gasteiger partial charge in [0.05, 0.1) is 17.3 Å². The van der Waals surface area contributed by atoms with Gasteiger partial charge in [-0.3, -0.25) is 4.79 Å². The van der Waals surface area contributed by atoms with Gasteiger partial charge in [-0.25, -0.2) is 4.39 Å². The molecule has 2 N–H and O–H groups in total. The zero-order valence-electron chi connectivity index (χ0n) is 11.4. The lowest BCUT2D eigenvalue weighted by Gasteiger charge is -2.28. The Hall–Kier alpha value is -2.53. The highest BCUT2D eigenvalue weighted by Gasteiger charge is 2.38. The van der Waals surface area contributed by atoms with E-state index in [0.717, 1.165) is 16.8 Å². The van der Waals surface area contributed by atoms with Crippen LogP contribution in [0, 0.1) is 5.82 Å². The van der Waals surface area contributed by atoms with E-state index in [9.17, 15) is 9.18 Å². The van der Waals surface area contributed by atoms with Crippen LogP contribution in [0.25, 0.3) is 5.70 Å². The first-order valence-corrected chi connectivity index (χ1v) is 7.27. The van der Waals surface area contributed by atoms with Crippen molar-refractivity contribution in [2.75, 3.05) is 0 Å². The Balaban J connectivity index is 1.88. The standard InChI is InChI=1S/C17H11FN2OS/c18-10-7-5-9(6-8-10)14-13-15(20-17(22)19-14)11-3-1-2-4-12(11)16(13)21/h1-8,14H,(H2,19,20,22). The van der Waals surface area contributed by atoms with Crippen LogP contribution in [-0.4, -0.2) is 10.9 Å². The fourth-order valence-corrected chi connectivity index (χ4v) is 3.19. The van der Waals surface area contributed by atoms with E-state index >= 15 is 0 Å². The summed E-state index contributed by atoms with van der Waals surface area (Å²) in [6.45, 7) is 0. The summed E-state index contributed by atoms with van der Waals surface area (Å²) in [7, 11) is 0. The number of benzene rings is 2. The summed E-state index contributed by atoms with van der Waals surface area (Å²) in [6, 6.07) is 13.2. The smallest absolute Gasteiger partial charge is 0.194 e. The normalized spacial score (nSPS) is 19.4. The fraction of sp³-hybridized carbons (Fsp3) is 0.0588. The molecule has 1 heterocycles. The highest BCUT2D eigenvalue weighted by molar-refractivity contribution is 7.80. The number of nitrogens with one attached hydrogen (secondary N) is 2. The molecule has 5 heteroatoms. The van der Waals surface area contributed by atoms with Crippen LogP contribution < -0.4 is 10.6 Å². The largest absolute Gasteiger partial charge is 0.351 e. The van der Waals surface area contributed by atoms with E-state index < -0.39 is 0 Å². The number of halogens is 1. The molecular formula is C17H11FN2OS. The molecular weight excluding hydrogens is 299 g/mol. The van der Waals surface area contributed by atoms with E-state index in [-0.39, 0.29) is 17.6 Å². The SMILES string of the molecule is O=C1C2=C(NC(=S)NC2c2ccc(F)cc2)c2ccccc21. The lowest BCUT2D eigenvalue weighted by molar-refractivity contribution is 0.103. The van der Waals surface area contributed by atoms with Gasteiger partial charge in [-0.05, 0) is 29.9 Å². The fourth-order valence-electron chi connectivity index (χ4n) is 2.97. The summed E-state index contributed by atoms with van der Waals surface area (Å²) in [4.78, 5) is 12.7. The van der Waals surface area contributed by atoms with Gasteiger partial charge in [0.1, 0.15) is 5.82 Å². The number of rotatable bonds is 1. The molecule has 0 amide bonds. The molecule has 4 rings (SSSR count). The van der Waals surface area contributed by atoms with Gasteiger partial charge in [0.25, 0.3) is 0 Å². The predicted molar refractivity (Wildman–Crippen MR) is 85.7 cm³/mol. The van der Waals surface area contributed by atoms with Crippen LogP contribution in [0.15, 0.2) is 54.1 Å². The van der Waals surface area contributed by atoms with Crippen LogP contribution in [0.3, 0.4) is 0 Å². The highest BCUT2D eigenvalue weighted by atomic mass is 32.1. The molecule has 1 atom stereocenters. The second-order valence-corrected chi connectivity index (χ2v) is 5.65. The van der Waals surface area contributed by atoms with Crippen molar-refractivity contribution in [2.45, 2.75) is 6.04 Å². The van der Waals surface area contributed by atoms with Crippen molar-refractivity contribution >= 4 is 28.8 Å². The number of hydrogen-bond donors (Lipinski definition) is 2. The number of carbonyl (C=O) groups is 1. The van der Waals surface area contributed by atoms with Crippen LogP contribution in [0.1, 0.15) is 27.5 Å². The lowest BCUT2D eigenvalue weighted by Crippen LogP contribution is -2.43. The molecule has 0 radical (unpaired) electrons. The topological polar surface area (TPSA) is 41.1 Å². The third-order valence-electron chi connectivity index (χ3n) is 3.96. The maximum Gasteiger partial charge on any atom is 0.194 e. The molecule has 2 aliphatic rings. The minimum Gasteiger partial charge on any atom is -0.351 e. The quantitative estimate of drug-likeness (QED) is 0.795. The van der Waals surface area contributed by atoms with Gasteiger partial charge in [-0.15, -0.1) is 0 Å².